The van der Waals surface area contributed by atoms with Crippen molar-refractivity contribution in [2.45, 2.75) is 31.3 Å². The van der Waals surface area contributed by atoms with E-state index in [1.54, 1.807) is 24.2 Å². The van der Waals surface area contributed by atoms with Gasteiger partial charge in [-0.25, -0.2) is 0 Å². The fourth-order valence-corrected chi connectivity index (χ4v) is 3.70. The Kier molecular flexibility index (Phi) is 5.07. The molecule has 5 nitrogen and oxygen atoms in total. The van der Waals surface area contributed by atoms with Crippen LogP contribution in [0.2, 0.25) is 0 Å². The monoisotopic (exact) mass is 376 g/mol. The second-order valence-electron chi connectivity index (χ2n) is 6.39. The van der Waals surface area contributed by atoms with E-state index in [9.17, 15) is 0 Å². The lowest BCUT2D eigenvalue weighted by molar-refractivity contribution is 0.485. The molecular formula is C21H20N4OS. The van der Waals surface area contributed by atoms with Gasteiger partial charge in [-0.15, -0.1) is 10.2 Å². The Labute approximate surface area is 162 Å². The molecule has 136 valence electrons. The van der Waals surface area contributed by atoms with Crippen molar-refractivity contribution in [3.05, 3.63) is 83.4 Å². The van der Waals surface area contributed by atoms with Crippen LogP contribution in [0.3, 0.4) is 0 Å². The van der Waals surface area contributed by atoms with Crippen LogP contribution in [0.15, 0.2) is 70.6 Å². The van der Waals surface area contributed by atoms with Gasteiger partial charge in [-0.1, -0.05) is 36.0 Å². The maximum atomic E-state index is 5.54. The lowest BCUT2D eigenvalue weighted by Crippen LogP contribution is -2.04. The lowest BCUT2D eigenvalue weighted by atomic mass is 10.1. The van der Waals surface area contributed by atoms with E-state index in [0.29, 0.717) is 6.54 Å². The van der Waals surface area contributed by atoms with Crippen LogP contribution in [0.5, 0.6) is 0 Å². The highest BCUT2D eigenvalue weighted by Gasteiger charge is 2.16. The minimum atomic E-state index is 0.571. The average Bonchev–Trinajstić information content (AvgIpc) is 3.34. The molecule has 0 unspecified atom stereocenters. The topological polar surface area (TPSA) is 56.7 Å². The maximum absolute atomic E-state index is 5.54. The summed E-state index contributed by atoms with van der Waals surface area (Å²) in [7, 11) is 0. The van der Waals surface area contributed by atoms with Gasteiger partial charge in [0.05, 0.1) is 12.8 Å². The number of furan rings is 1. The molecule has 0 amide bonds. The Bertz CT molecular complexity index is 1030. The first-order chi connectivity index (χ1) is 13.2. The minimum absolute atomic E-state index is 0.571. The van der Waals surface area contributed by atoms with Crippen LogP contribution in [0.25, 0.3) is 11.5 Å². The van der Waals surface area contributed by atoms with Gasteiger partial charge in [0.25, 0.3) is 0 Å². The third-order valence-corrected chi connectivity index (χ3v) is 5.48. The molecule has 0 saturated carbocycles. The van der Waals surface area contributed by atoms with Gasteiger partial charge in [-0.3, -0.25) is 9.55 Å². The average molecular weight is 376 g/mol. The second kappa shape index (κ2) is 7.80. The van der Waals surface area contributed by atoms with Crippen molar-refractivity contribution in [3.8, 4) is 11.5 Å². The molecule has 0 aliphatic carbocycles. The molecule has 4 rings (SSSR count). The number of aryl methyl sites for hydroxylation is 2. The zero-order valence-corrected chi connectivity index (χ0v) is 16.1. The number of thioether (sulfide) groups is 1. The largest absolute Gasteiger partial charge is 0.467 e. The molecule has 27 heavy (non-hydrogen) atoms. The van der Waals surface area contributed by atoms with Crippen molar-refractivity contribution in [2.75, 3.05) is 0 Å². The summed E-state index contributed by atoms with van der Waals surface area (Å²) in [5.41, 5.74) is 4.69. The molecule has 4 aromatic rings. The predicted molar refractivity (Wildman–Crippen MR) is 107 cm³/mol. The molecule has 0 saturated heterocycles. The van der Waals surface area contributed by atoms with Crippen molar-refractivity contribution in [3.63, 3.8) is 0 Å². The van der Waals surface area contributed by atoms with Gasteiger partial charge in [0.15, 0.2) is 11.0 Å². The van der Waals surface area contributed by atoms with Gasteiger partial charge in [0.1, 0.15) is 11.5 Å². The van der Waals surface area contributed by atoms with E-state index in [-0.39, 0.29) is 0 Å². The SMILES string of the molecule is Cc1ccc(CSc2nnc(-c3ccccn3)n2Cc2ccco2)cc1C. The first kappa shape index (κ1) is 17.5. The third kappa shape index (κ3) is 3.95. The van der Waals surface area contributed by atoms with Gasteiger partial charge in [0, 0.05) is 11.9 Å². The van der Waals surface area contributed by atoms with E-state index in [2.05, 4.69) is 51.8 Å². The lowest BCUT2D eigenvalue weighted by Gasteiger charge is -2.09. The summed E-state index contributed by atoms with van der Waals surface area (Å²) in [6, 6.07) is 16.2. The highest BCUT2D eigenvalue weighted by atomic mass is 32.2. The van der Waals surface area contributed by atoms with Gasteiger partial charge in [-0.2, -0.15) is 0 Å². The van der Waals surface area contributed by atoms with Crippen molar-refractivity contribution in [2.24, 2.45) is 0 Å². The Balaban J connectivity index is 1.63. The number of benzene rings is 1. The molecule has 1 aromatic carbocycles. The summed E-state index contributed by atoms with van der Waals surface area (Å²) in [5.74, 6) is 2.44. The Morgan fingerprint density at radius 1 is 1.00 bits per heavy atom. The highest BCUT2D eigenvalue weighted by molar-refractivity contribution is 7.98. The summed E-state index contributed by atoms with van der Waals surface area (Å²) in [4.78, 5) is 4.43. The molecule has 0 fully saturated rings. The highest BCUT2D eigenvalue weighted by Crippen LogP contribution is 2.27. The number of aromatic nitrogens is 4. The molecule has 6 heteroatoms. The number of nitrogens with zero attached hydrogens (tertiary/aromatic N) is 4. The van der Waals surface area contributed by atoms with E-state index < -0.39 is 0 Å². The van der Waals surface area contributed by atoms with Crippen molar-refractivity contribution in [1.82, 2.24) is 19.7 Å². The molecule has 3 heterocycles. The molecular weight excluding hydrogens is 356 g/mol. The van der Waals surface area contributed by atoms with Crippen LogP contribution in [-0.2, 0) is 12.3 Å². The van der Waals surface area contributed by atoms with E-state index in [4.69, 9.17) is 4.42 Å². The van der Waals surface area contributed by atoms with Crippen molar-refractivity contribution < 1.29 is 4.42 Å². The van der Waals surface area contributed by atoms with Gasteiger partial charge < -0.3 is 4.42 Å². The Morgan fingerprint density at radius 3 is 2.67 bits per heavy atom. The number of pyridine rings is 1. The Hall–Kier alpha value is -2.86. The normalized spacial score (nSPS) is 11.0. The summed E-state index contributed by atoms with van der Waals surface area (Å²) < 4.78 is 7.60. The molecule has 0 radical (unpaired) electrons. The quantitative estimate of drug-likeness (QED) is 0.448. The fraction of sp³-hybridized carbons (Fsp3) is 0.190. The predicted octanol–water partition coefficient (Wildman–Crippen LogP) is 4.89. The maximum Gasteiger partial charge on any atom is 0.192 e. The smallest absolute Gasteiger partial charge is 0.192 e. The molecule has 0 aliphatic heterocycles. The van der Waals surface area contributed by atoms with Crippen LogP contribution >= 0.6 is 11.8 Å². The second-order valence-corrected chi connectivity index (χ2v) is 7.34. The third-order valence-electron chi connectivity index (χ3n) is 4.44. The molecule has 0 N–H and O–H groups in total. The molecule has 0 aliphatic rings. The minimum Gasteiger partial charge on any atom is -0.467 e. The van der Waals surface area contributed by atoms with E-state index in [0.717, 1.165) is 28.2 Å². The van der Waals surface area contributed by atoms with Crippen LogP contribution in [0, 0.1) is 13.8 Å². The number of hydrogen-bond acceptors (Lipinski definition) is 5. The zero-order chi connectivity index (χ0) is 18.6. The standard InChI is InChI=1S/C21H20N4OS/c1-15-8-9-17(12-16(15)2)14-27-21-24-23-20(19-7-3-4-10-22-19)25(21)13-18-6-5-11-26-18/h3-12H,13-14H2,1-2H3. The summed E-state index contributed by atoms with van der Waals surface area (Å²) >= 11 is 1.67. The molecule has 0 bridgehead atoms. The van der Waals surface area contributed by atoms with Crippen LogP contribution in [0.1, 0.15) is 22.5 Å². The molecule has 3 aromatic heterocycles. The first-order valence-corrected chi connectivity index (χ1v) is 9.75. The van der Waals surface area contributed by atoms with E-state index >= 15 is 0 Å². The van der Waals surface area contributed by atoms with Crippen LogP contribution in [-0.4, -0.2) is 19.7 Å². The summed E-state index contributed by atoms with van der Waals surface area (Å²) in [6.45, 7) is 4.84. The number of rotatable bonds is 6. The van der Waals surface area contributed by atoms with Gasteiger partial charge >= 0.3 is 0 Å². The van der Waals surface area contributed by atoms with Gasteiger partial charge in [0.2, 0.25) is 0 Å². The Morgan fingerprint density at radius 2 is 1.93 bits per heavy atom. The fourth-order valence-electron chi connectivity index (χ4n) is 2.82. The van der Waals surface area contributed by atoms with Crippen LogP contribution < -0.4 is 0 Å². The number of hydrogen-bond donors (Lipinski definition) is 0. The van der Waals surface area contributed by atoms with E-state index in [1.165, 1.54) is 16.7 Å². The summed E-state index contributed by atoms with van der Waals surface area (Å²) in [5, 5.41) is 9.67. The zero-order valence-electron chi connectivity index (χ0n) is 15.3. The van der Waals surface area contributed by atoms with Crippen molar-refractivity contribution >= 4 is 11.8 Å². The van der Waals surface area contributed by atoms with Gasteiger partial charge in [-0.05, 0) is 54.8 Å². The van der Waals surface area contributed by atoms with Crippen LogP contribution in [0.4, 0.5) is 0 Å². The molecule has 0 atom stereocenters. The van der Waals surface area contributed by atoms with Crippen molar-refractivity contribution in [1.29, 1.82) is 0 Å². The summed E-state index contributed by atoms with van der Waals surface area (Å²) in [6.07, 6.45) is 3.45. The van der Waals surface area contributed by atoms with E-state index in [1.807, 2.05) is 30.3 Å². The first-order valence-electron chi connectivity index (χ1n) is 8.76. The molecule has 0 spiro atoms.